The molecule has 3 rings (SSSR count). The number of pyridine rings is 1. The van der Waals surface area contributed by atoms with Gasteiger partial charge in [0, 0.05) is 17.1 Å². The number of hydrogen-bond donors (Lipinski definition) is 0. The van der Waals surface area contributed by atoms with Gasteiger partial charge < -0.3 is 0 Å². The van der Waals surface area contributed by atoms with Crippen LogP contribution in [-0.2, 0) is 0 Å². The Balaban J connectivity index is 2.10. The number of fused-ring (bicyclic) bond motifs is 1. The molecule has 20 heavy (non-hydrogen) atoms. The van der Waals surface area contributed by atoms with Crippen molar-refractivity contribution in [3.63, 3.8) is 0 Å². The van der Waals surface area contributed by atoms with Gasteiger partial charge in [-0.15, -0.1) is 0 Å². The monoisotopic (exact) mass is 258 g/mol. The van der Waals surface area contributed by atoms with Crippen LogP contribution in [0.1, 0.15) is 21.6 Å². The third-order valence-corrected chi connectivity index (χ3v) is 3.16. The van der Waals surface area contributed by atoms with E-state index in [1.807, 2.05) is 36.4 Å². The number of benzene rings is 2. The van der Waals surface area contributed by atoms with Crippen molar-refractivity contribution in [1.82, 2.24) is 4.98 Å². The van der Waals surface area contributed by atoms with Gasteiger partial charge in [-0.05, 0) is 35.7 Å². The molecule has 0 atom stereocenters. The lowest BCUT2D eigenvalue weighted by atomic mass is 10.0. The molecule has 94 valence electrons. The average Bonchev–Trinajstić information content (AvgIpc) is 2.54. The van der Waals surface area contributed by atoms with E-state index < -0.39 is 0 Å². The Morgan fingerprint density at radius 3 is 2.50 bits per heavy atom. The van der Waals surface area contributed by atoms with Crippen LogP contribution in [0.15, 0.2) is 60.8 Å². The zero-order chi connectivity index (χ0) is 13.9. The summed E-state index contributed by atoms with van der Waals surface area (Å²) in [5.41, 5.74) is 1.51. The quantitative estimate of drug-likeness (QED) is 0.662. The minimum Gasteiger partial charge on any atom is -0.287 e. The molecule has 0 spiro atoms. The van der Waals surface area contributed by atoms with Gasteiger partial charge in [-0.2, -0.15) is 5.26 Å². The van der Waals surface area contributed by atoms with Crippen molar-refractivity contribution in [3.8, 4) is 6.07 Å². The molecule has 0 bridgehead atoms. The van der Waals surface area contributed by atoms with Crippen molar-refractivity contribution in [3.05, 3.63) is 77.6 Å². The number of carbonyl (C=O) groups excluding carboxylic acids is 1. The lowest BCUT2D eigenvalue weighted by Crippen LogP contribution is -2.04. The van der Waals surface area contributed by atoms with Crippen LogP contribution < -0.4 is 0 Å². The first-order valence-corrected chi connectivity index (χ1v) is 6.18. The highest BCUT2D eigenvalue weighted by molar-refractivity contribution is 6.14. The summed E-state index contributed by atoms with van der Waals surface area (Å²) >= 11 is 0. The molecular formula is C17H10N2O. The van der Waals surface area contributed by atoms with Crippen LogP contribution in [0.3, 0.4) is 0 Å². The summed E-state index contributed by atoms with van der Waals surface area (Å²) in [6, 6.07) is 18.2. The predicted molar refractivity (Wildman–Crippen MR) is 76.3 cm³/mol. The second-order valence-electron chi connectivity index (χ2n) is 4.40. The van der Waals surface area contributed by atoms with Crippen LogP contribution in [-0.4, -0.2) is 10.8 Å². The van der Waals surface area contributed by atoms with E-state index in [-0.39, 0.29) is 5.78 Å². The third kappa shape index (κ3) is 2.04. The molecular weight excluding hydrogens is 248 g/mol. The maximum atomic E-state index is 12.5. The highest BCUT2D eigenvalue weighted by Gasteiger charge is 2.13. The van der Waals surface area contributed by atoms with Gasteiger partial charge in [0.25, 0.3) is 0 Å². The van der Waals surface area contributed by atoms with Gasteiger partial charge in [0.05, 0.1) is 11.6 Å². The standard InChI is InChI=1S/C17H10N2O/c18-11-12-5-7-14(8-6-12)17(20)16-15-4-2-1-3-13(15)9-10-19-16/h1-10H. The number of aromatic nitrogens is 1. The number of nitrogens with zero attached hydrogens (tertiary/aromatic N) is 2. The molecule has 0 aliphatic heterocycles. The molecule has 0 radical (unpaired) electrons. The molecule has 0 saturated carbocycles. The van der Waals surface area contributed by atoms with E-state index in [1.54, 1.807) is 30.5 Å². The fourth-order valence-electron chi connectivity index (χ4n) is 2.13. The Morgan fingerprint density at radius 1 is 1.00 bits per heavy atom. The van der Waals surface area contributed by atoms with Crippen LogP contribution in [0, 0.1) is 11.3 Å². The van der Waals surface area contributed by atoms with Crippen molar-refractivity contribution in [2.75, 3.05) is 0 Å². The van der Waals surface area contributed by atoms with Crippen LogP contribution in [0.4, 0.5) is 0 Å². The first-order chi connectivity index (χ1) is 9.79. The van der Waals surface area contributed by atoms with Gasteiger partial charge >= 0.3 is 0 Å². The van der Waals surface area contributed by atoms with Crippen LogP contribution >= 0.6 is 0 Å². The zero-order valence-corrected chi connectivity index (χ0v) is 10.6. The molecule has 3 aromatic rings. The highest BCUT2D eigenvalue weighted by atomic mass is 16.1. The highest BCUT2D eigenvalue weighted by Crippen LogP contribution is 2.19. The van der Waals surface area contributed by atoms with E-state index in [0.717, 1.165) is 10.8 Å². The third-order valence-electron chi connectivity index (χ3n) is 3.16. The summed E-state index contributed by atoms with van der Waals surface area (Å²) in [5, 5.41) is 10.6. The molecule has 3 nitrogen and oxygen atoms in total. The SMILES string of the molecule is N#Cc1ccc(C(=O)c2nccc3ccccc23)cc1. The lowest BCUT2D eigenvalue weighted by Gasteiger charge is -2.04. The fourth-order valence-corrected chi connectivity index (χ4v) is 2.13. The molecule has 0 unspecified atom stereocenters. The summed E-state index contributed by atoms with van der Waals surface area (Å²) in [4.78, 5) is 16.7. The normalized spacial score (nSPS) is 10.2. The molecule has 0 N–H and O–H groups in total. The lowest BCUT2D eigenvalue weighted by molar-refractivity contribution is 0.103. The van der Waals surface area contributed by atoms with E-state index in [1.165, 1.54) is 0 Å². The Labute approximate surface area is 116 Å². The molecule has 1 aromatic heterocycles. The fraction of sp³-hybridized carbons (Fsp3) is 0. The van der Waals surface area contributed by atoms with Crippen molar-refractivity contribution < 1.29 is 4.79 Å². The van der Waals surface area contributed by atoms with E-state index in [0.29, 0.717) is 16.8 Å². The summed E-state index contributed by atoms with van der Waals surface area (Å²) in [6.07, 6.45) is 1.64. The maximum absolute atomic E-state index is 12.5. The first kappa shape index (κ1) is 12.1. The van der Waals surface area contributed by atoms with Crippen LogP contribution in [0.25, 0.3) is 10.8 Å². The predicted octanol–water partition coefficient (Wildman–Crippen LogP) is 3.34. The van der Waals surface area contributed by atoms with Gasteiger partial charge in [0.2, 0.25) is 5.78 Å². The van der Waals surface area contributed by atoms with E-state index in [2.05, 4.69) is 4.98 Å². The van der Waals surface area contributed by atoms with Crippen LogP contribution in [0.2, 0.25) is 0 Å². The van der Waals surface area contributed by atoms with Gasteiger partial charge in [-0.25, -0.2) is 0 Å². The number of ketones is 1. The van der Waals surface area contributed by atoms with Crippen molar-refractivity contribution >= 4 is 16.6 Å². The first-order valence-electron chi connectivity index (χ1n) is 6.18. The van der Waals surface area contributed by atoms with Gasteiger partial charge in [0.15, 0.2) is 0 Å². The number of hydrogen-bond acceptors (Lipinski definition) is 3. The van der Waals surface area contributed by atoms with E-state index >= 15 is 0 Å². The van der Waals surface area contributed by atoms with Crippen molar-refractivity contribution in [1.29, 1.82) is 5.26 Å². The molecule has 2 aromatic carbocycles. The Morgan fingerprint density at radius 2 is 1.75 bits per heavy atom. The molecule has 0 aliphatic rings. The summed E-state index contributed by atoms with van der Waals surface area (Å²) in [6.45, 7) is 0. The molecule has 1 heterocycles. The largest absolute Gasteiger partial charge is 0.287 e. The molecule has 0 aliphatic carbocycles. The summed E-state index contributed by atoms with van der Waals surface area (Å²) in [7, 11) is 0. The molecule has 3 heteroatoms. The molecule has 0 amide bonds. The average molecular weight is 258 g/mol. The second kappa shape index (κ2) is 4.94. The van der Waals surface area contributed by atoms with Gasteiger partial charge in [0.1, 0.15) is 5.69 Å². The minimum absolute atomic E-state index is 0.133. The Bertz CT molecular complexity index is 824. The summed E-state index contributed by atoms with van der Waals surface area (Å²) in [5.74, 6) is -0.133. The van der Waals surface area contributed by atoms with Crippen LogP contribution in [0.5, 0.6) is 0 Å². The minimum atomic E-state index is -0.133. The van der Waals surface area contributed by atoms with E-state index in [4.69, 9.17) is 5.26 Å². The van der Waals surface area contributed by atoms with Crippen molar-refractivity contribution in [2.24, 2.45) is 0 Å². The van der Waals surface area contributed by atoms with Crippen molar-refractivity contribution in [2.45, 2.75) is 0 Å². The Hall–Kier alpha value is -2.99. The number of rotatable bonds is 2. The summed E-state index contributed by atoms with van der Waals surface area (Å²) < 4.78 is 0. The number of nitriles is 1. The smallest absolute Gasteiger partial charge is 0.211 e. The van der Waals surface area contributed by atoms with Gasteiger partial charge in [-0.1, -0.05) is 24.3 Å². The maximum Gasteiger partial charge on any atom is 0.211 e. The topological polar surface area (TPSA) is 53.8 Å². The zero-order valence-electron chi connectivity index (χ0n) is 10.6. The second-order valence-corrected chi connectivity index (χ2v) is 4.40. The Kier molecular flexibility index (Phi) is 2.98. The van der Waals surface area contributed by atoms with Gasteiger partial charge in [-0.3, -0.25) is 9.78 Å². The molecule has 0 fully saturated rings. The molecule has 0 saturated heterocycles. The van der Waals surface area contributed by atoms with E-state index in [9.17, 15) is 4.79 Å². The number of carbonyl (C=O) groups is 1.